The molecule has 0 amide bonds. The molecule has 4 heteroatoms. The van der Waals surface area contributed by atoms with Crippen LogP contribution >= 0.6 is 11.6 Å². The second-order valence-corrected chi connectivity index (χ2v) is 3.63. The Morgan fingerprint density at radius 3 is 2.87 bits per heavy atom. The van der Waals surface area contributed by atoms with Crippen molar-refractivity contribution in [3.63, 3.8) is 0 Å². The van der Waals surface area contributed by atoms with Gasteiger partial charge in [0.2, 0.25) is 0 Å². The molecule has 15 heavy (non-hydrogen) atoms. The molecule has 1 aromatic rings. The maximum Gasteiger partial charge on any atom is 0.152 e. The van der Waals surface area contributed by atoms with Crippen molar-refractivity contribution in [1.82, 2.24) is 0 Å². The van der Waals surface area contributed by atoms with E-state index in [0.29, 0.717) is 11.1 Å². The molecule has 0 fully saturated rings. The van der Waals surface area contributed by atoms with Gasteiger partial charge in [-0.1, -0.05) is 6.07 Å². The molecular weight excluding hydrogens is 214 g/mol. The number of carbonyl (C=O) groups excluding carboxylic acids is 1. The van der Waals surface area contributed by atoms with E-state index in [4.69, 9.17) is 16.9 Å². The second-order valence-electron chi connectivity index (χ2n) is 3.19. The highest BCUT2D eigenvalue weighted by Crippen LogP contribution is 2.27. The van der Waals surface area contributed by atoms with Gasteiger partial charge in [-0.3, -0.25) is 4.79 Å². The summed E-state index contributed by atoms with van der Waals surface area (Å²) in [6, 6.07) is 6.44. The van der Waals surface area contributed by atoms with E-state index >= 15 is 0 Å². The van der Waals surface area contributed by atoms with E-state index in [1.807, 2.05) is 6.07 Å². The summed E-state index contributed by atoms with van der Waals surface area (Å²) in [5.41, 5.74) is 1.18. The number of aromatic hydroxyl groups is 1. The quantitative estimate of drug-likeness (QED) is 0.800. The molecule has 0 radical (unpaired) electrons. The topological polar surface area (TPSA) is 61.1 Å². The van der Waals surface area contributed by atoms with Crippen molar-refractivity contribution >= 4 is 17.4 Å². The second kappa shape index (κ2) is 4.81. The van der Waals surface area contributed by atoms with Crippen molar-refractivity contribution in [1.29, 1.82) is 5.26 Å². The number of benzene rings is 1. The Kier molecular flexibility index (Phi) is 3.70. The summed E-state index contributed by atoms with van der Waals surface area (Å²) in [6.45, 7) is 1.39. The average molecular weight is 224 g/mol. The predicted octanol–water partition coefficient (Wildman–Crippen LogP) is 2.33. The van der Waals surface area contributed by atoms with Crippen molar-refractivity contribution in [2.45, 2.75) is 18.7 Å². The minimum atomic E-state index is -0.756. The molecule has 0 aliphatic carbocycles. The fraction of sp³-hybridized carbons (Fsp3) is 0.273. The summed E-state index contributed by atoms with van der Waals surface area (Å²) >= 11 is 5.89. The van der Waals surface area contributed by atoms with E-state index < -0.39 is 5.38 Å². The summed E-state index contributed by atoms with van der Waals surface area (Å²) in [4.78, 5) is 11.1. The lowest BCUT2D eigenvalue weighted by atomic mass is 10.00. The average Bonchev–Trinajstić information content (AvgIpc) is 2.17. The number of halogens is 1. The van der Waals surface area contributed by atoms with Gasteiger partial charge in [-0.05, 0) is 30.2 Å². The largest absolute Gasteiger partial charge is 0.508 e. The van der Waals surface area contributed by atoms with Crippen LogP contribution in [0.2, 0.25) is 0 Å². The first-order valence-electron chi connectivity index (χ1n) is 4.39. The molecule has 0 saturated carbocycles. The van der Waals surface area contributed by atoms with Crippen molar-refractivity contribution in [3.8, 4) is 11.8 Å². The number of phenols is 1. The summed E-state index contributed by atoms with van der Waals surface area (Å²) in [5.74, 6) is -0.113. The van der Waals surface area contributed by atoms with Crippen molar-refractivity contribution in [3.05, 3.63) is 29.3 Å². The van der Waals surface area contributed by atoms with E-state index in [2.05, 4.69) is 0 Å². The molecule has 1 atom stereocenters. The molecule has 0 heterocycles. The van der Waals surface area contributed by atoms with Crippen LogP contribution in [-0.4, -0.2) is 10.9 Å². The normalized spacial score (nSPS) is 11.8. The molecule has 0 saturated heterocycles. The zero-order chi connectivity index (χ0) is 11.4. The van der Waals surface area contributed by atoms with Gasteiger partial charge < -0.3 is 5.11 Å². The fourth-order valence-electron chi connectivity index (χ4n) is 1.30. The van der Waals surface area contributed by atoms with Gasteiger partial charge in [0, 0.05) is 0 Å². The summed E-state index contributed by atoms with van der Waals surface area (Å²) in [7, 11) is 0. The molecule has 1 aromatic carbocycles. The fourth-order valence-corrected chi connectivity index (χ4v) is 1.51. The number of rotatable bonds is 3. The van der Waals surface area contributed by atoms with Crippen LogP contribution in [0.3, 0.4) is 0 Å². The molecule has 1 rings (SSSR count). The minimum absolute atomic E-state index is 0.0661. The number of hydrogen-bond acceptors (Lipinski definition) is 3. The lowest BCUT2D eigenvalue weighted by Crippen LogP contribution is -2.04. The van der Waals surface area contributed by atoms with Gasteiger partial charge in [-0.25, -0.2) is 0 Å². The number of Topliss-reactive ketones (excluding diaryl/α,β-unsaturated/α-hetero) is 1. The van der Waals surface area contributed by atoms with Crippen LogP contribution in [-0.2, 0) is 11.2 Å². The maximum atomic E-state index is 11.1. The van der Waals surface area contributed by atoms with Crippen LogP contribution in [0, 0.1) is 11.3 Å². The highest BCUT2D eigenvalue weighted by molar-refractivity contribution is 6.30. The van der Waals surface area contributed by atoms with Gasteiger partial charge in [0.15, 0.2) is 5.78 Å². The molecule has 78 valence electrons. The Morgan fingerprint density at radius 1 is 1.67 bits per heavy atom. The lowest BCUT2D eigenvalue weighted by Gasteiger charge is -2.10. The Balaban J connectivity index is 3.17. The third-order valence-electron chi connectivity index (χ3n) is 2.03. The molecule has 1 unspecified atom stereocenters. The molecule has 0 aliphatic rings. The summed E-state index contributed by atoms with van der Waals surface area (Å²) in [6.07, 6.45) is 0.125. The lowest BCUT2D eigenvalue weighted by molar-refractivity contribution is -0.116. The van der Waals surface area contributed by atoms with Crippen LogP contribution in [0.4, 0.5) is 0 Å². The number of hydrogen-bond donors (Lipinski definition) is 1. The molecule has 1 N–H and O–H groups in total. The van der Waals surface area contributed by atoms with Crippen LogP contribution in [0.5, 0.6) is 5.75 Å². The van der Waals surface area contributed by atoms with Crippen molar-refractivity contribution in [2.75, 3.05) is 0 Å². The predicted molar refractivity (Wildman–Crippen MR) is 56.7 cm³/mol. The van der Waals surface area contributed by atoms with E-state index in [9.17, 15) is 9.90 Å². The zero-order valence-corrected chi connectivity index (χ0v) is 8.95. The van der Waals surface area contributed by atoms with Crippen LogP contribution in [0.25, 0.3) is 0 Å². The van der Waals surface area contributed by atoms with Crippen LogP contribution < -0.4 is 0 Å². The minimum Gasteiger partial charge on any atom is -0.508 e. The van der Waals surface area contributed by atoms with Crippen molar-refractivity contribution in [2.24, 2.45) is 0 Å². The number of nitriles is 1. The maximum absolute atomic E-state index is 11.1. The smallest absolute Gasteiger partial charge is 0.152 e. The number of phenolic OH excluding ortho intramolecular Hbond substituents is 1. The van der Waals surface area contributed by atoms with Gasteiger partial charge in [0.25, 0.3) is 0 Å². The first kappa shape index (κ1) is 11.5. The molecule has 0 spiro atoms. The van der Waals surface area contributed by atoms with Crippen LogP contribution in [0.15, 0.2) is 18.2 Å². The number of ketones is 1. The SMILES string of the molecule is CC(=O)C(Cl)c1ccc(O)cc1CC#N. The first-order valence-corrected chi connectivity index (χ1v) is 4.83. The van der Waals surface area contributed by atoms with Gasteiger partial charge in [0.1, 0.15) is 11.1 Å². The summed E-state index contributed by atoms with van der Waals surface area (Å²) in [5, 5.41) is 17.1. The standard InChI is InChI=1S/C11H10ClNO2/c1-7(14)11(12)10-3-2-9(15)6-8(10)4-5-13/h2-3,6,11,15H,4H2,1H3. The molecule has 0 aliphatic heterocycles. The summed E-state index contributed by atoms with van der Waals surface area (Å²) < 4.78 is 0. The van der Waals surface area contributed by atoms with Gasteiger partial charge in [-0.2, -0.15) is 5.26 Å². The van der Waals surface area contributed by atoms with Crippen molar-refractivity contribution < 1.29 is 9.90 Å². The number of nitrogens with zero attached hydrogens (tertiary/aromatic N) is 1. The Morgan fingerprint density at radius 2 is 2.33 bits per heavy atom. The highest BCUT2D eigenvalue weighted by Gasteiger charge is 2.17. The Labute approximate surface area is 92.9 Å². The van der Waals surface area contributed by atoms with E-state index in [-0.39, 0.29) is 18.0 Å². The monoisotopic (exact) mass is 223 g/mol. The number of alkyl halides is 1. The van der Waals surface area contributed by atoms with E-state index in [1.165, 1.54) is 19.1 Å². The number of carbonyl (C=O) groups is 1. The molecule has 0 bridgehead atoms. The van der Waals surface area contributed by atoms with E-state index in [1.54, 1.807) is 6.07 Å². The highest BCUT2D eigenvalue weighted by atomic mass is 35.5. The van der Waals surface area contributed by atoms with E-state index in [0.717, 1.165) is 0 Å². The zero-order valence-electron chi connectivity index (χ0n) is 8.20. The molecule has 0 aromatic heterocycles. The Bertz CT molecular complexity index is 423. The third-order valence-corrected chi connectivity index (χ3v) is 2.57. The Hall–Kier alpha value is -1.53. The van der Waals surface area contributed by atoms with Gasteiger partial charge >= 0.3 is 0 Å². The molecular formula is C11H10ClNO2. The van der Waals surface area contributed by atoms with Gasteiger partial charge in [0.05, 0.1) is 12.5 Å². The van der Waals surface area contributed by atoms with Crippen LogP contribution in [0.1, 0.15) is 23.4 Å². The third kappa shape index (κ3) is 2.71. The molecule has 3 nitrogen and oxygen atoms in total. The first-order chi connectivity index (χ1) is 7.06. The van der Waals surface area contributed by atoms with Gasteiger partial charge in [-0.15, -0.1) is 11.6 Å².